The Morgan fingerprint density at radius 1 is 1.50 bits per heavy atom. The summed E-state index contributed by atoms with van der Waals surface area (Å²) in [5.41, 5.74) is 2.09. The van der Waals surface area contributed by atoms with Gasteiger partial charge >= 0.3 is 0 Å². The van der Waals surface area contributed by atoms with Crippen molar-refractivity contribution in [1.29, 1.82) is 0 Å². The van der Waals surface area contributed by atoms with Gasteiger partial charge in [0.2, 0.25) is 5.91 Å². The lowest BCUT2D eigenvalue weighted by Crippen LogP contribution is -2.47. The Morgan fingerprint density at radius 2 is 2.43 bits per heavy atom. The average Bonchev–Trinajstić information content (AvgIpc) is 2.56. The van der Waals surface area contributed by atoms with Gasteiger partial charge in [0.25, 0.3) is 0 Å². The van der Waals surface area contributed by atoms with E-state index in [9.17, 15) is 4.79 Å². The molecule has 0 N–H and O–H groups in total. The molecule has 0 aromatic carbocycles. The minimum Gasteiger partial charge on any atom is -0.308 e. The summed E-state index contributed by atoms with van der Waals surface area (Å²) in [7, 11) is 0. The molecule has 3 heterocycles. The SMILES string of the molecule is O=C1C[C@H]2CC=C(c3cccnc3)N12. The molecular formula is C11H10N2O. The van der Waals surface area contributed by atoms with Crippen molar-refractivity contribution in [2.45, 2.75) is 18.9 Å². The molecule has 0 unspecified atom stereocenters. The smallest absolute Gasteiger partial charge is 0.229 e. The molecule has 1 aromatic heterocycles. The lowest BCUT2D eigenvalue weighted by Gasteiger charge is -2.36. The summed E-state index contributed by atoms with van der Waals surface area (Å²) < 4.78 is 0. The van der Waals surface area contributed by atoms with Gasteiger partial charge in [-0.05, 0) is 18.6 Å². The van der Waals surface area contributed by atoms with E-state index in [1.54, 1.807) is 12.4 Å². The van der Waals surface area contributed by atoms with Gasteiger partial charge < -0.3 is 4.90 Å². The average molecular weight is 186 g/mol. The molecule has 1 atom stereocenters. The molecule has 0 bridgehead atoms. The van der Waals surface area contributed by atoms with E-state index in [4.69, 9.17) is 0 Å². The number of carbonyl (C=O) groups is 1. The maximum Gasteiger partial charge on any atom is 0.229 e. The summed E-state index contributed by atoms with van der Waals surface area (Å²) >= 11 is 0. The number of hydrogen-bond donors (Lipinski definition) is 0. The predicted octanol–water partition coefficient (Wildman–Crippen LogP) is 1.43. The molecular weight excluding hydrogens is 176 g/mol. The first-order valence-corrected chi connectivity index (χ1v) is 4.79. The van der Waals surface area contributed by atoms with E-state index in [1.807, 2.05) is 17.0 Å². The fraction of sp³-hybridized carbons (Fsp3) is 0.273. The third-order valence-electron chi connectivity index (χ3n) is 2.84. The Kier molecular flexibility index (Phi) is 1.48. The van der Waals surface area contributed by atoms with Gasteiger partial charge in [0.1, 0.15) is 0 Å². The summed E-state index contributed by atoms with van der Waals surface area (Å²) in [6.07, 6.45) is 7.39. The van der Waals surface area contributed by atoms with Crippen LogP contribution in [0.5, 0.6) is 0 Å². The molecule has 2 aliphatic rings. The molecule has 1 aromatic rings. The number of fused-ring (bicyclic) bond motifs is 1. The Bertz CT molecular complexity index is 411. The van der Waals surface area contributed by atoms with Crippen LogP contribution in [0.15, 0.2) is 30.6 Å². The number of carbonyl (C=O) groups excluding carboxylic acids is 1. The fourth-order valence-electron chi connectivity index (χ4n) is 2.12. The lowest BCUT2D eigenvalue weighted by molar-refractivity contribution is -0.139. The van der Waals surface area contributed by atoms with Gasteiger partial charge in [-0.15, -0.1) is 0 Å². The van der Waals surface area contributed by atoms with Crippen molar-refractivity contribution in [2.75, 3.05) is 0 Å². The second-order valence-corrected chi connectivity index (χ2v) is 3.69. The van der Waals surface area contributed by atoms with Crippen LogP contribution in [0.4, 0.5) is 0 Å². The summed E-state index contributed by atoms with van der Waals surface area (Å²) in [6, 6.07) is 4.32. The van der Waals surface area contributed by atoms with Crippen LogP contribution in [-0.2, 0) is 4.79 Å². The Balaban J connectivity index is 1.97. The third kappa shape index (κ3) is 0.923. The first-order chi connectivity index (χ1) is 6.86. The molecule has 14 heavy (non-hydrogen) atoms. The number of hydrogen-bond acceptors (Lipinski definition) is 2. The van der Waals surface area contributed by atoms with Crippen LogP contribution in [0.1, 0.15) is 18.4 Å². The highest BCUT2D eigenvalue weighted by molar-refractivity contribution is 5.94. The van der Waals surface area contributed by atoms with Crippen LogP contribution < -0.4 is 0 Å². The second kappa shape index (κ2) is 2.67. The van der Waals surface area contributed by atoms with Gasteiger partial charge in [-0.3, -0.25) is 9.78 Å². The molecule has 70 valence electrons. The van der Waals surface area contributed by atoms with Crippen molar-refractivity contribution < 1.29 is 4.79 Å². The molecule has 1 saturated heterocycles. The number of amides is 1. The van der Waals surface area contributed by atoms with Crippen LogP contribution in [-0.4, -0.2) is 21.8 Å². The van der Waals surface area contributed by atoms with Crippen LogP contribution in [0.2, 0.25) is 0 Å². The van der Waals surface area contributed by atoms with Crippen molar-refractivity contribution in [1.82, 2.24) is 9.88 Å². The topological polar surface area (TPSA) is 33.2 Å². The zero-order chi connectivity index (χ0) is 9.54. The minimum atomic E-state index is 0.239. The van der Waals surface area contributed by atoms with Gasteiger partial charge in [-0.1, -0.05) is 6.08 Å². The number of nitrogens with zero attached hydrogens (tertiary/aromatic N) is 2. The first kappa shape index (κ1) is 7.74. The number of rotatable bonds is 1. The van der Waals surface area contributed by atoms with E-state index >= 15 is 0 Å². The second-order valence-electron chi connectivity index (χ2n) is 3.69. The Hall–Kier alpha value is -1.64. The highest BCUT2D eigenvalue weighted by Crippen LogP contribution is 2.38. The van der Waals surface area contributed by atoms with E-state index in [-0.39, 0.29) is 5.91 Å². The van der Waals surface area contributed by atoms with Gasteiger partial charge in [0, 0.05) is 36.1 Å². The molecule has 3 rings (SSSR count). The fourth-order valence-corrected chi connectivity index (χ4v) is 2.12. The monoisotopic (exact) mass is 186 g/mol. The molecule has 0 spiro atoms. The molecule has 0 aliphatic carbocycles. The molecule has 0 radical (unpaired) electrons. The van der Waals surface area contributed by atoms with Gasteiger partial charge in [-0.25, -0.2) is 0 Å². The zero-order valence-corrected chi connectivity index (χ0v) is 7.68. The van der Waals surface area contributed by atoms with Crippen molar-refractivity contribution >= 4 is 11.6 Å². The number of β-lactam (4-membered cyclic amide) rings is 1. The predicted molar refractivity (Wildman–Crippen MR) is 52.1 cm³/mol. The lowest BCUT2D eigenvalue weighted by atomic mass is 10.0. The van der Waals surface area contributed by atoms with Crippen LogP contribution >= 0.6 is 0 Å². The molecule has 1 fully saturated rings. The van der Waals surface area contributed by atoms with E-state index in [1.165, 1.54) is 0 Å². The molecule has 0 saturated carbocycles. The van der Waals surface area contributed by atoms with Gasteiger partial charge in [-0.2, -0.15) is 0 Å². The summed E-state index contributed by atoms with van der Waals surface area (Å²) in [5.74, 6) is 0.239. The zero-order valence-electron chi connectivity index (χ0n) is 7.68. The molecule has 1 amide bonds. The van der Waals surface area contributed by atoms with Gasteiger partial charge in [0.15, 0.2) is 0 Å². The highest BCUT2D eigenvalue weighted by Gasteiger charge is 2.41. The summed E-state index contributed by atoms with van der Waals surface area (Å²) in [6.45, 7) is 0. The first-order valence-electron chi connectivity index (χ1n) is 4.79. The largest absolute Gasteiger partial charge is 0.308 e. The molecule has 3 nitrogen and oxygen atoms in total. The standard InChI is InChI=1S/C11H10N2O/c14-11-6-9-3-4-10(13(9)11)8-2-1-5-12-7-8/h1-2,4-5,7,9H,3,6H2/t9-/m1/s1. The van der Waals surface area contributed by atoms with Crippen molar-refractivity contribution in [3.8, 4) is 0 Å². The van der Waals surface area contributed by atoms with Crippen molar-refractivity contribution in [2.24, 2.45) is 0 Å². The number of aromatic nitrogens is 1. The normalized spacial score (nSPS) is 24.3. The summed E-state index contributed by atoms with van der Waals surface area (Å²) in [4.78, 5) is 17.3. The van der Waals surface area contributed by atoms with Crippen LogP contribution in [0.25, 0.3) is 5.70 Å². The van der Waals surface area contributed by atoms with Crippen LogP contribution in [0, 0.1) is 0 Å². The summed E-state index contributed by atoms with van der Waals surface area (Å²) in [5, 5.41) is 0. The van der Waals surface area contributed by atoms with E-state index in [2.05, 4.69) is 11.1 Å². The van der Waals surface area contributed by atoms with E-state index in [0.717, 1.165) is 17.7 Å². The van der Waals surface area contributed by atoms with E-state index < -0.39 is 0 Å². The maximum absolute atomic E-state index is 11.4. The van der Waals surface area contributed by atoms with E-state index in [0.29, 0.717) is 12.5 Å². The highest BCUT2D eigenvalue weighted by atomic mass is 16.2. The molecule has 2 aliphatic heterocycles. The quantitative estimate of drug-likeness (QED) is 0.621. The molecule has 3 heteroatoms. The maximum atomic E-state index is 11.4. The van der Waals surface area contributed by atoms with Gasteiger partial charge in [0.05, 0.1) is 0 Å². The van der Waals surface area contributed by atoms with Crippen LogP contribution in [0.3, 0.4) is 0 Å². The Labute approximate surface area is 82.1 Å². The minimum absolute atomic E-state index is 0.239. The van der Waals surface area contributed by atoms with Crippen molar-refractivity contribution in [3.63, 3.8) is 0 Å². The number of pyridine rings is 1. The van der Waals surface area contributed by atoms with Crippen molar-refractivity contribution in [3.05, 3.63) is 36.2 Å². The third-order valence-corrected chi connectivity index (χ3v) is 2.84. The Morgan fingerprint density at radius 3 is 3.14 bits per heavy atom.